The van der Waals surface area contributed by atoms with E-state index in [1.54, 1.807) is 17.8 Å². The van der Waals surface area contributed by atoms with Crippen LogP contribution in [0.2, 0.25) is 0 Å². The lowest BCUT2D eigenvalue weighted by Gasteiger charge is -2.02. The van der Waals surface area contributed by atoms with E-state index in [0.29, 0.717) is 22.0 Å². The van der Waals surface area contributed by atoms with Crippen molar-refractivity contribution in [3.05, 3.63) is 46.4 Å². The fourth-order valence-corrected chi connectivity index (χ4v) is 2.43. The number of esters is 1. The summed E-state index contributed by atoms with van der Waals surface area (Å²) in [4.78, 5) is 26.8. The molecule has 0 aliphatic rings. The molecule has 0 saturated carbocycles. The van der Waals surface area contributed by atoms with Crippen molar-refractivity contribution in [2.75, 3.05) is 7.11 Å². The molecule has 3 rings (SSSR count). The van der Waals surface area contributed by atoms with E-state index in [9.17, 15) is 9.59 Å². The summed E-state index contributed by atoms with van der Waals surface area (Å²) in [5.41, 5.74) is 1.36. The first kappa shape index (κ1) is 11.5. The van der Waals surface area contributed by atoms with Gasteiger partial charge in [0.05, 0.1) is 12.7 Å². The van der Waals surface area contributed by atoms with E-state index >= 15 is 0 Å². The quantitative estimate of drug-likeness (QED) is 0.675. The Morgan fingerprint density at radius 3 is 2.79 bits per heavy atom. The predicted octanol–water partition coefficient (Wildman–Crippen LogP) is 1.81. The number of aryl methyl sites for hydroxylation is 1. The van der Waals surface area contributed by atoms with Crippen molar-refractivity contribution in [1.82, 2.24) is 9.55 Å². The number of carbonyl (C=O) groups is 1. The standard InChI is InChI=1S/C14H12N2O3/c1-16-7-9(14(18)19-2)11-8-5-3-4-6-10(8)15-13(17)12(11)16/h3-7H,1-2H3,(H,15,17). The summed E-state index contributed by atoms with van der Waals surface area (Å²) in [6.07, 6.45) is 1.62. The Morgan fingerprint density at radius 1 is 1.32 bits per heavy atom. The highest BCUT2D eigenvalue weighted by Crippen LogP contribution is 2.26. The molecule has 19 heavy (non-hydrogen) atoms. The first-order valence-electron chi connectivity index (χ1n) is 5.82. The van der Waals surface area contributed by atoms with E-state index in [2.05, 4.69) is 4.98 Å². The highest BCUT2D eigenvalue weighted by atomic mass is 16.5. The van der Waals surface area contributed by atoms with Crippen LogP contribution in [0.15, 0.2) is 35.3 Å². The normalized spacial score (nSPS) is 11.1. The molecule has 1 N–H and O–H groups in total. The molecule has 0 atom stereocenters. The van der Waals surface area contributed by atoms with E-state index in [0.717, 1.165) is 5.39 Å². The number of hydrogen-bond donors (Lipinski definition) is 1. The lowest BCUT2D eigenvalue weighted by atomic mass is 10.1. The maximum Gasteiger partial charge on any atom is 0.340 e. The maximum absolute atomic E-state index is 12.1. The van der Waals surface area contributed by atoms with Crippen LogP contribution in [0.25, 0.3) is 21.8 Å². The molecule has 0 bridgehead atoms. The first-order valence-corrected chi connectivity index (χ1v) is 5.82. The van der Waals surface area contributed by atoms with E-state index < -0.39 is 5.97 Å². The molecule has 5 heteroatoms. The van der Waals surface area contributed by atoms with Gasteiger partial charge in [-0.3, -0.25) is 4.79 Å². The van der Waals surface area contributed by atoms with Crippen molar-refractivity contribution in [2.24, 2.45) is 7.05 Å². The topological polar surface area (TPSA) is 64.1 Å². The predicted molar refractivity (Wildman–Crippen MR) is 72.4 cm³/mol. The molecule has 0 spiro atoms. The van der Waals surface area contributed by atoms with Crippen molar-refractivity contribution in [2.45, 2.75) is 0 Å². The number of benzene rings is 1. The van der Waals surface area contributed by atoms with Gasteiger partial charge in [-0.2, -0.15) is 0 Å². The fraction of sp³-hybridized carbons (Fsp3) is 0.143. The lowest BCUT2D eigenvalue weighted by Crippen LogP contribution is -2.09. The van der Waals surface area contributed by atoms with E-state index in [4.69, 9.17) is 4.74 Å². The molecule has 2 aromatic heterocycles. The third-order valence-corrected chi connectivity index (χ3v) is 3.25. The third-order valence-electron chi connectivity index (χ3n) is 3.25. The molecular formula is C14H12N2O3. The van der Waals surface area contributed by atoms with Crippen LogP contribution >= 0.6 is 0 Å². The summed E-state index contributed by atoms with van der Waals surface area (Å²) < 4.78 is 6.43. The molecule has 0 aliphatic carbocycles. The lowest BCUT2D eigenvalue weighted by molar-refractivity contribution is 0.0603. The highest BCUT2D eigenvalue weighted by Gasteiger charge is 2.18. The average Bonchev–Trinajstić information content (AvgIpc) is 2.77. The van der Waals surface area contributed by atoms with Gasteiger partial charge in [0.1, 0.15) is 5.52 Å². The van der Waals surface area contributed by atoms with Gasteiger partial charge in [-0.05, 0) is 6.07 Å². The van der Waals surface area contributed by atoms with E-state index in [1.807, 2.05) is 24.3 Å². The van der Waals surface area contributed by atoms with Crippen LogP contribution in [-0.2, 0) is 11.8 Å². The molecule has 3 aromatic rings. The van der Waals surface area contributed by atoms with Crippen LogP contribution in [0.4, 0.5) is 0 Å². The Balaban J connectivity index is 2.60. The van der Waals surface area contributed by atoms with Crippen molar-refractivity contribution in [3.63, 3.8) is 0 Å². The van der Waals surface area contributed by atoms with Crippen molar-refractivity contribution < 1.29 is 9.53 Å². The number of carbonyl (C=O) groups excluding carboxylic acids is 1. The molecular weight excluding hydrogens is 244 g/mol. The van der Waals surface area contributed by atoms with Crippen LogP contribution < -0.4 is 5.56 Å². The molecule has 5 nitrogen and oxygen atoms in total. The number of H-pyrrole nitrogens is 1. The number of nitrogens with zero attached hydrogens (tertiary/aromatic N) is 1. The molecule has 0 fully saturated rings. The number of pyridine rings is 1. The zero-order valence-corrected chi connectivity index (χ0v) is 10.6. The Labute approximate surface area is 108 Å². The van der Waals surface area contributed by atoms with Crippen LogP contribution in [0, 0.1) is 0 Å². The molecule has 2 heterocycles. The number of nitrogens with one attached hydrogen (secondary N) is 1. The number of fused-ring (bicyclic) bond motifs is 3. The SMILES string of the molecule is COC(=O)c1cn(C)c2c(=O)[nH]c3ccccc3c12. The number of rotatable bonds is 1. The largest absolute Gasteiger partial charge is 0.465 e. The maximum atomic E-state index is 12.1. The minimum atomic E-state index is -0.443. The molecule has 0 amide bonds. The van der Waals surface area contributed by atoms with Gasteiger partial charge in [-0.25, -0.2) is 4.79 Å². The average molecular weight is 256 g/mol. The second kappa shape index (κ2) is 3.98. The minimum Gasteiger partial charge on any atom is -0.465 e. The summed E-state index contributed by atoms with van der Waals surface area (Å²) in [6, 6.07) is 7.39. The molecule has 0 radical (unpaired) electrons. The second-order valence-electron chi connectivity index (χ2n) is 4.37. The zero-order chi connectivity index (χ0) is 13.6. The van der Waals surface area contributed by atoms with Gasteiger partial charge in [-0.15, -0.1) is 0 Å². The summed E-state index contributed by atoms with van der Waals surface area (Å²) in [5, 5.41) is 1.46. The highest BCUT2D eigenvalue weighted by molar-refractivity contribution is 6.15. The van der Waals surface area contributed by atoms with Gasteiger partial charge in [-0.1, -0.05) is 18.2 Å². The Hall–Kier alpha value is -2.56. The van der Waals surface area contributed by atoms with Gasteiger partial charge in [0, 0.05) is 29.5 Å². The van der Waals surface area contributed by atoms with Crippen molar-refractivity contribution in [1.29, 1.82) is 0 Å². The van der Waals surface area contributed by atoms with Crippen molar-refractivity contribution >= 4 is 27.8 Å². The Kier molecular flexibility index (Phi) is 2.41. The van der Waals surface area contributed by atoms with Crippen LogP contribution in [0.5, 0.6) is 0 Å². The summed E-state index contributed by atoms with van der Waals surface area (Å²) in [5.74, 6) is -0.443. The minimum absolute atomic E-state index is 0.216. The molecule has 1 aromatic carbocycles. The fourth-order valence-electron chi connectivity index (χ4n) is 2.43. The van der Waals surface area contributed by atoms with E-state index in [-0.39, 0.29) is 5.56 Å². The number of aromatic amines is 1. The Morgan fingerprint density at radius 2 is 2.05 bits per heavy atom. The van der Waals surface area contributed by atoms with Crippen LogP contribution in [0.1, 0.15) is 10.4 Å². The summed E-state index contributed by atoms with van der Waals surface area (Å²) in [7, 11) is 3.06. The van der Waals surface area contributed by atoms with Gasteiger partial charge < -0.3 is 14.3 Å². The number of para-hydroxylation sites is 1. The van der Waals surface area contributed by atoms with Crippen LogP contribution in [-0.4, -0.2) is 22.6 Å². The first-order chi connectivity index (χ1) is 9.13. The second-order valence-corrected chi connectivity index (χ2v) is 4.37. The van der Waals surface area contributed by atoms with Gasteiger partial charge in [0.25, 0.3) is 5.56 Å². The number of ether oxygens (including phenoxy) is 1. The van der Waals surface area contributed by atoms with E-state index in [1.165, 1.54) is 7.11 Å². The molecule has 0 saturated heterocycles. The summed E-state index contributed by atoms with van der Waals surface area (Å²) in [6.45, 7) is 0. The molecule has 0 aliphatic heterocycles. The molecule has 0 unspecified atom stereocenters. The van der Waals surface area contributed by atoms with Crippen LogP contribution in [0.3, 0.4) is 0 Å². The molecule has 96 valence electrons. The smallest absolute Gasteiger partial charge is 0.340 e. The van der Waals surface area contributed by atoms with Gasteiger partial charge >= 0.3 is 5.97 Å². The van der Waals surface area contributed by atoms with Gasteiger partial charge in [0.2, 0.25) is 0 Å². The number of methoxy groups -OCH3 is 1. The van der Waals surface area contributed by atoms with Gasteiger partial charge in [0.15, 0.2) is 0 Å². The third kappa shape index (κ3) is 1.55. The number of hydrogen-bond acceptors (Lipinski definition) is 3. The van der Waals surface area contributed by atoms with Crippen molar-refractivity contribution in [3.8, 4) is 0 Å². The number of aromatic nitrogens is 2. The summed E-state index contributed by atoms with van der Waals surface area (Å²) >= 11 is 0. The monoisotopic (exact) mass is 256 g/mol. The Bertz CT molecular complexity index is 858. The zero-order valence-electron chi connectivity index (χ0n) is 10.6.